The summed E-state index contributed by atoms with van der Waals surface area (Å²) in [5, 5.41) is 0. The molecule has 0 fully saturated rings. The van der Waals surface area contributed by atoms with Crippen LogP contribution in [0.25, 0.3) is 0 Å². The van der Waals surface area contributed by atoms with Gasteiger partial charge in [0.2, 0.25) is 0 Å². The Bertz CT molecular complexity index is 277. The van der Waals surface area contributed by atoms with Crippen molar-refractivity contribution in [2.24, 2.45) is 0 Å². The van der Waals surface area contributed by atoms with Gasteiger partial charge in [-0.3, -0.25) is 0 Å². The minimum atomic E-state index is -3.34. The molecule has 4 nitrogen and oxygen atoms in total. The second-order valence-corrected chi connectivity index (χ2v) is 6.00. The average molecular weight is 285 g/mol. The third kappa shape index (κ3) is 5.74. The minimum Gasteiger partial charge on any atom is -0.197 e. The van der Waals surface area contributed by atoms with Crippen molar-refractivity contribution in [3.05, 3.63) is 11.1 Å². The van der Waals surface area contributed by atoms with Gasteiger partial charge in [0.25, 0.3) is 10.2 Å². The Balaban J connectivity index is 4.10. The monoisotopic (exact) mass is 284 g/mol. The summed E-state index contributed by atoms with van der Waals surface area (Å²) in [5.41, 5.74) is 0. The van der Waals surface area contributed by atoms with E-state index < -0.39 is 10.2 Å². The number of unbranched alkanes of at least 4 members (excludes halogenated alkanes) is 1. The molecular weight excluding hydrogens is 268 g/mol. The molecule has 84 valence electrons. The fraction of sp³-hybridized carbons (Fsp3) is 0.750. The molecule has 0 saturated carbocycles. The molecule has 0 aliphatic carbocycles. The summed E-state index contributed by atoms with van der Waals surface area (Å²) in [5.74, 6) is 0. The van der Waals surface area contributed by atoms with Gasteiger partial charge in [-0.05, 0) is 6.42 Å². The Morgan fingerprint density at radius 1 is 1.57 bits per heavy atom. The number of halogens is 1. The van der Waals surface area contributed by atoms with Crippen LogP contribution in [0.1, 0.15) is 19.8 Å². The van der Waals surface area contributed by atoms with Crippen LogP contribution in [-0.4, -0.2) is 32.9 Å². The van der Waals surface area contributed by atoms with E-state index >= 15 is 0 Å². The summed E-state index contributed by atoms with van der Waals surface area (Å²) >= 11 is 3.09. The summed E-state index contributed by atoms with van der Waals surface area (Å²) in [6.45, 7) is 6.34. The standard InChI is InChI=1S/C8H17BrN2O2S/c1-4-5-6-11(3)14(12,13)10-7-8(2)9/h10H,2,4-7H2,1,3H3. The van der Waals surface area contributed by atoms with Gasteiger partial charge >= 0.3 is 0 Å². The highest BCUT2D eigenvalue weighted by Crippen LogP contribution is 2.01. The van der Waals surface area contributed by atoms with Crippen molar-refractivity contribution >= 4 is 26.1 Å². The van der Waals surface area contributed by atoms with E-state index in [0.717, 1.165) is 12.8 Å². The maximum Gasteiger partial charge on any atom is 0.279 e. The average Bonchev–Trinajstić information content (AvgIpc) is 2.11. The van der Waals surface area contributed by atoms with Crippen molar-refractivity contribution in [2.75, 3.05) is 20.1 Å². The van der Waals surface area contributed by atoms with E-state index in [1.807, 2.05) is 6.92 Å². The molecule has 0 aliphatic heterocycles. The second-order valence-electron chi connectivity index (χ2n) is 3.02. The molecule has 0 atom stereocenters. The van der Waals surface area contributed by atoms with E-state index in [1.165, 1.54) is 4.31 Å². The summed E-state index contributed by atoms with van der Waals surface area (Å²) < 4.78 is 27.3. The van der Waals surface area contributed by atoms with Crippen LogP contribution in [0.5, 0.6) is 0 Å². The van der Waals surface area contributed by atoms with Gasteiger partial charge in [0.15, 0.2) is 0 Å². The number of hydrogen-bond acceptors (Lipinski definition) is 2. The van der Waals surface area contributed by atoms with E-state index in [-0.39, 0.29) is 6.54 Å². The topological polar surface area (TPSA) is 49.4 Å². The largest absolute Gasteiger partial charge is 0.279 e. The number of hydrogen-bond donors (Lipinski definition) is 1. The Labute approximate surface area is 94.7 Å². The summed E-state index contributed by atoms with van der Waals surface area (Å²) in [6, 6.07) is 0. The van der Waals surface area contributed by atoms with E-state index in [1.54, 1.807) is 7.05 Å². The molecule has 1 N–H and O–H groups in total. The quantitative estimate of drug-likeness (QED) is 0.770. The molecule has 0 bridgehead atoms. The molecular formula is C8H17BrN2O2S. The van der Waals surface area contributed by atoms with Crippen LogP contribution in [0.3, 0.4) is 0 Å². The fourth-order valence-electron chi connectivity index (χ4n) is 0.781. The molecule has 0 amide bonds. The van der Waals surface area contributed by atoms with Gasteiger partial charge in [-0.2, -0.15) is 17.4 Å². The first-order valence-corrected chi connectivity index (χ1v) is 6.67. The molecule has 0 rings (SSSR count). The van der Waals surface area contributed by atoms with Crippen LogP contribution < -0.4 is 4.72 Å². The Hall–Kier alpha value is 0.0900. The summed E-state index contributed by atoms with van der Waals surface area (Å²) in [4.78, 5) is 0. The summed E-state index contributed by atoms with van der Waals surface area (Å²) in [7, 11) is -1.77. The van der Waals surface area contributed by atoms with Crippen LogP contribution in [0.15, 0.2) is 11.1 Å². The van der Waals surface area contributed by atoms with Gasteiger partial charge in [-0.1, -0.05) is 35.9 Å². The van der Waals surface area contributed by atoms with E-state index in [4.69, 9.17) is 0 Å². The lowest BCUT2D eigenvalue weighted by Crippen LogP contribution is -2.39. The highest BCUT2D eigenvalue weighted by Gasteiger charge is 2.15. The zero-order valence-electron chi connectivity index (χ0n) is 8.59. The maximum absolute atomic E-state index is 11.5. The van der Waals surface area contributed by atoms with Crippen LogP contribution in [0.4, 0.5) is 0 Å². The van der Waals surface area contributed by atoms with Crippen molar-refractivity contribution in [2.45, 2.75) is 19.8 Å². The van der Waals surface area contributed by atoms with Crippen molar-refractivity contribution in [1.29, 1.82) is 0 Å². The SMILES string of the molecule is C=C(Br)CNS(=O)(=O)N(C)CCCC. The molecule has 0 radical (unpaired) electrons. The molecule has 14 heavy (non-hydrogen) atoms. The molecule has 0 saturated heterocycles. The van der Waals surface area contributed by atoms with E-state index in [2.05, 4.69) is 27.2 Å². The lowest BCUT2D eigenvalue weighted by molar-refractivity contribution is 0.451. The second kappa shape index (κ2) is 6.55. The third-order valence-corrected chi connectivity index (χ3v) is 3.48. The van der Waals surface area contributed by atoms with Gasteiger partial charge in [-0.25, -0.2) is 0 Å². The lowest BCUT2D eigenvalue weighted by Gasteiger charge is -2.16. The smallest absolute Gasteiger partial charge is 0.197 e. The van der Waals surface area contributed by atoms with Crippen LogP contribution in [0.2, 0.25) is 0 Å². The third-order valence-electron chi connectivity index (χ3n) is 1.68. The number of nitrogens with zero attached hydrogens (tertiary/aromatic N) is 1. The summed E-state index contributed by atoms with van der Waals surface area (Å²) in [6.07, 6.45) is 1.84. The number of nitrogens with one attached hydrogen (secondary N) is 1. The Morgan fingerprint density at radius 3 is 2.57 bits per heavy atom. The van der Waals surface area contributed by atoms with Gasteiger partial charge in [0, 0.05) is 24.6 Å². The van der Waals surface area contributed by atoms with Crippen molar-refractivity contribution < 1.29 is 8.42 Å². The highest BCUT2D eigenvalue weighted by atomic mass is 79.9. The van der Waals surface area contributed by atoms with Gasteiger partial charge in [0.1, 0.15) is 0 Å². The van der Waals surface area contributed by atoms with Crippen molar-refractivity contribution in [3.63, 3.8) is 0 Å². The highest BCUT2D eigenvalue weighted by molar-refractivity contribution is 9.11. The first-order valence-electron chi connectivity index (χ1n) is 4.44. The predicted molar refractivity (Wildman–Crippen MR) is 62.5 cm³/mol. The molecule has 0 spiro atoms. The van der Waals surface area contributed by atoms with Gasteiger partial charge in [-0.15, -0.1) is 0 Å². The normalized spacial score (nSPS) is 12.0. The zero-order chi connectivity index (χ0) is 11.2. The molecule has 6 heteroatoms. The molecule has 0 unspecified atom stereocenters. The van der Waals surface area contributed by atoms with Gasteiger partial charge in [0.05, 0.1) is 0 Å². The van der Waals surface area contributed by atoms with Crippen LogP contribution >= 0.6 is 15.9 Å². The predicted octanol–water partition coefficient (Wildman–Crippen LogP) is 1.46. The molecule has 0 aromatic carbocycles. The molecule has 0 heterocycles. The minimum absolute atomic E-state index is 0.221. The van der Waals surface area contributed by atoms with E-state index in [9.17, 15) is 8.42 Å². The zero-order valence-corrected chi connectivity index (χ0v) is 11.0. The fourth-order valence-corrected chi connectivity index (χ4v) is 2.05. The van der Waals surface area contributed by atoms with E-state index in [0.29, 0.717) is 11.0 Å². The van der Waals surface area contributed by atoms with Crippen molar-refractivity contribution in [3.8, 4) is 0 Å². The Kier molecular flexibility index (Phi) is 6.59. The Morgan fingerprint density at radius 2 is 2.14 bits per heavy atom. The lowest BCUT2D eigenvalue weighted by atomic mass is 10.3. The maximum atomic E-state index is 11.5. The first kappa shape index (κ1) is 14.1. The van der Waals surface area contributed by atoms with Gasteiger partial charge < -0.3 is 0 Å². The first-order chi connectivity index (χ1) is 6.40. The van der Waals surface area contributed by atoms with Crippen molar-refractivity contribution in [1.82, 2.24) is 9.03 Å². The molecule has 0 aromatic rings. The molecule has 0 aromatic heterocycles. The molecule has 0 aliphatic rings. The van der Waals surface area contributed by atoms with Crippen LogP contribution in [0, 0.1) is 0 Å². The van der Waals surface area contributed by atoms with Crippen LogP contribution in [-0.2, 0) is 10.2 Å². The number of rotatable bonds is 7.